The number of hydrogen-bond donors (Lipinski definition) is 0. The van der Waals surface area contributed by atoms with E-state index in [9.17, 15) is 4.79 Å². The Morgan fingerprint density at radius 1 is 1.32 bits per heavy atom. The molecule has 1 spiro atoms. The van der Waals surface area contributed by atoms with Crippen LogP contribution in [0.4, 0.5) is 0 Å². The van der Waals surface area contributed by atoms with E-state index >= 15 is 0 Å². The normalized spacial score (nSPS) is 20.5. The summed E-state index contributed by atoms with van der Waals surface area (Å²) < 4.78 is 14.0. The first-order valence-corrected chi connectivity index (χ1v) is 9.66. The van der Waals surface area contributed by atoms with Crippen molar-refractivity contribution in [2.24, 2.45) is 13.0 Å². The van der Waals surface area contributed by atoms with E-state index in [1.165, 1.54) is 0 Å². The van der Waals surface area contributed by atoms with Gasteiger partial charge in [-0.25, -0.2) is 0 Å². The average molecular weight is 377 g/mol. The third kappa shape index (κ3) is 2.85. The Hall–Kier alpha value is -2.86. The Balaban J connectivity index is 1.25. The lowest BCUT2D eigenvalue weighted by Gasteiger charge is -2.50. The summed E-state index contributed by atoms with van der Waals surface area (Å²) in [6.07, 6.45) is 6.42. The number of rotatable bonds is 4. The van der Waals surface area contributed by atoms with Gasteiger partial charge in [0.25, 0.3) is 5.91 Å². The molecule has 5 rings (SSSR count). The molecule has 1 atom stereocenters. The number of aromatic nitrogens is 2. The predicted molar refractivity (Wildman–Crippen MR) is 105 cm³/mol. The molecule has 1 aromatic carbocycles. The second kappa shape index (κ2) is 6.63. The minimum Gasteiger partial charge on any atom is -0.492 e. The second-order valence-corrected chi connectivity index (χ2v) is 7.76. The molecule has 3 aromatic rings. The Morgan fingerprint density at radius 3 is 3.04 bits per heavy atom. The third-order valence-electron chi connectivity index (χ3n) is 6.02. The summed E-state index contributed by atoms with van der Waals surface area (Å²) in [5, 5.41) is 1.09. The van der Waals surface area contributed by atoms with E-state index in [0.29, 0.717) is 19.7 Å². The minimum atomic E-state index is -0.269. The van der Waals surface area contributed by atoms with Crippen molar-refractivity contribution in [3.63, 3.8) is 0 Å². The molecule has 2 saturated heterocycles. The van der Waals surface area contributed by atoms with Crippen LogP contribution in [0.25, 0.3) is 10.9 Å². The Labute approximate surface area is 163 Å². The van der Waals surface area contributed by atoms with E-state index in [4.69, 9.17) is 9.47 Å². The van der Waals surface area contributed by atoms with Crippen LogP contribution in [-0.2, 0) is 11.8 Å². The summed E-state index contributed by atoms with van der Waals surface area (Å²) >= 11 is 0. The molecule has 2 aromatic heterocycles. The molecule has 0 N–H and O–H groups in total. The van der Waals surface area contributed by atoms with E-state index in [0.717, 1.165) is 35.2 Å². The molecule has 6 heteroatoms. The van der Waals surface area contributed by atoms with Gasteiger partial charge in [-0.3, -0.25) is 9.78 Å². The number of ether oxygens (including phenoxy) is 2. The van der Waals surface area contributed by atoms with Gasteiger partial charge in [-0.1, -0.05) is 0 Å². The van der Waals surface area contributed by atoms with Crippen molar-refractivity contribution in [2.45, 2.75) is 12.0 Å². The van der Waals surface area contributed by atoms with Crippen LogP contribution in [-0.4, -0.2) is 52.3 Å². The second-order valence-electron chi connectivity index (χ2n) is 7.76. The first kappa shape index (κ1) is 17.3. The van der Waals surface area contributed by atoms with Gasteiger partial charge in [0.15, 0.2) is 0 Å². The third-order valence-corrected chi connectivity index (χ3v) is 6.02. The fraction of sp³-hybridized carbons (Fsp3) is 0.364. The van der Waals surface area contributed by atoms with Crippen LogP contribution < -0.4 is 4.74 Å². The summed E-state index contributed by atoms with van der Waals surface area (Å²) in [4.78, 5) is 18.9. The zero-order valence-corrected chi connectivity index (χ0v) is 15.9. The monoisotopic (exact) mass is 377 g/mol. The number of nitrogens with zero attached hydrogens (tertiary/aromatic N) is 3. The summed E-state index contributed by atoms with van der Waals surface area (Å²) in [6, 6.07) is 11.7. The first-order chi connectivity index (χ1) is 13.6. The fourth-order valence-corrected chi connectivity index (χ4v) is 4.34. The maximum absolute atomic E-state index is 12.9. The summed E-state index contributed by atoms with van der Waals surface area (Å²) in [5.41, 5.74) is 1.59. The Kier molecular flexibility index (Phi) is 4.09. The number of likely N-dealkylation sites (tertiary alicyclic amines) is 1. The van der Waals surface area contributed by atoms with Gasteiger partial charge in [0, 0.05) is 48.4 Å². The highest BCUT2D eigenvalue weighted by Crippen LogP contribution is 2.40. The van der Waals surface area contributed by atoms with Crippen LogP contribution in [0.1, 0.15) is 16.8 Å². The van der Waals surface area contributed by atoms with Gasteiger partial charge in [0.2, 0.25) is 0 Å². The molecule has 6 nitrogen and oxygen atoms in total. The topological polar surface area (TPSA) is 56.6 Å². The number of amides is 1. The average Bonchev–Trinajstić information content (AvgIpc) is 3.29. The number of aryl methyl sites for hydroxylation is 1. The van der Waals surface area contributed by atoms with Gasteiger partial charge in [-0.15, -0.1) is 0 Å². The van der Waals surface area contributed by atoms with Crippen molar-refractivity contribution in [3.05, 3.63) is 60.6 Å². The molecule has 2 aliphatic rings. The van der Waals surface area contributed by atoms with E-state index < -0.39 is 0 Å². The molecular weight excluding hydrogens is 354 g/mol. The van der Waals surface area contributed by atoms with E-state index in [1.54, 1.807) is 12.4 Å². The summed E-state index contributed by atoms with van der Waals surface area (Å²) in [7, 11) is 2.01. The molecule has 28 heavy (non-hydrogen) atoms. The molecule has 2 fully saturated rings. The largest absolute Gasteiger partial charge is 0.492 e. The highest BCUT2D eigenvalue weighted by atomic mass is 16.5. The maximum atomic E-state index is 12.9. The van der Waals surface area contributed by atoms with Crippen LogP contribution in [0.5, 0.6) is 5.75 Å². The van der Waals surface area contributed by atoms with Gasteiger partial charge < -0.3 is 18.9 Å². The number of carbonyl (C=O) groups excluding carboxylic acids is 1. The minimum absolute atomic E-state index is 0.0683. The molecule has 0 saturated carbocycles. The van der Waals surface area contributed by atoms with E-state index in [1.807, 2.05) is 54.5 Å². The van der Waals surface area contributed by atoms with Crippen LogP contribution in [0.15, 0.2) is 55.0 Å². The van der Waals surface area contributed by atoms with Crippen molar-refractivity contribution in [1.82, 2.24) is 14.5 Å². The molecule has 2 aliphatic heterocycles. The van der Waals surface area contributed by atoms with Crippen molar-refractivity contribution in [1.29, 1.82) is 0 Å². The molecule has 0 aliphatic carbocycles. The number of hydrogen-bond acceptors (Lipinski definition) is 4. The smallest absolute Gasteiger partial charge is 0.254 e. The standard InChI is InChI=1S/C22H23N3O3/c1-24-9-6-16-11-17(4-5-20(16)24)21(26)25-14-22(15-25)18(7-10-28-22)13-27-19-3-2-8-23-12-19/h2-6,8-9,11-12,18H,7,10,13-15H2,1H3/t18-/m1/s1. The van der Waals surface area contributed by atoms with Crippen LogP contribution in [0, 0.1) is 5.92 Å². The predicted octanol–water partition coefficient (Wildman–Crippen LogP) is 2.88. The molecule has 0 bridgehead atoms. The van der Waals surface area contributed by atoms with E-state index in [2.05, 4.69) is 9.55 Å². The fourth-order valence-electron chi connectivity index (χ4n) is 4.34. The summed E-state index contributed by atoms with van der Waals surface area (Å²) in [5.74, 6) is 1.13. The first-order valence-electron chi connectivity index (χ1n) is 9.66. The van der Waals surface area contributed by atoms with Gasteiger partial charge in [-0.05, 0) is 42.8 Å². The van der Waals surface area contributed by atoms with Crippen molar-refractivity contribution < 1.29 is 14.3 Å². The van der Waals surface area contributed by atoms with Gasteiger partial charge >= 0.3 is 0 Å². The van der Waals surface area contributed by atoms with Crippen molar-refractivity contribution >= 4 is 16.8 Å². The van der Waals surface area contributed by atoms with Crippen molar-refractivity contribution in [2.75, 3.05) is 26.3 Å². The van der Waals surface area contributed by atoms with Crippen molar-refractivity contribution in [3.8, 4) is 5.75 Å². The van der Waals surface area contributed by atoms with Crippen LogP contribution >= 0.6 is 0 Å². The number of fused-ring (bicyclic) bond motifs is 1. The van der Waals surface area contributed by atoms with Gasteiger partial charge in [0.05, 0.1) is 25.9 Å². The molecule has 1 amide bonds. The zero-order chi connectivity index (χ0) is 19.1. The molecule has 0 unspecified atom stereocenters. The van der Waals surface area contributed by atoms with Crippen LogP contribution in [0.3, 0.4) is 0 Å². The lowest BCUT2D eigenvalue weighted by atomic mass is 9.81. The zero-order valence-electron chi connectivity index (χ0n) is 15.9. The van der Waals surface area contributed by atoms with Crippen LogP contribution in [0.2, 0.25) is 0 Å². The van der Waals surface area contributed by atoms with Gasteiger partial charge in [0.1, 0.15) is 11.4 Å². The highest BCUT2D eigenvalue weighted by Gasteiger charge is 2.54. The molecule has 144 valence electrons. The highest BCUT2D eigenvalue weighted by molar-refractivity contribution is 5.98. The van der Waals surface area contributed by atoms with E-state index in [-0.39, 0.29) is 17.4 Å². The Morgan fingerprint density at radius 2 is 2.21 bits per heavy atom. The molecular formula is C22H23N3O3. The number of carbonyl (C=O) groups is 1. The maximum Gasteiger partial charge on any atom is 0.254 e. The lowest BCUT2D eigenvalue weighted by Crippen LogP contribution is -2.66. The quantitative estimate of drug-likeness (QED) is 0.702. The number of benzene rings is 1. The SMILES string of the molecule is Cn1ccc2cc(C(=O)N3CC4(C3)OCC[C@@H]4COc3cccnc3)ccc21. The summed E-state index contributed by atoms with van der Waals surface area (Å²) in [6.45, 7) is 2.56. The van der Waals surface area contributed by atoms with Gasteiger partial charge in [-0.2, -0.15) is 0 Å². The lowest BCUT2D eigenvalue weighted by molar-refractivity contribution is -0.122. The molecule has 4 heterocycles. The number of pyridine rings is 1. The Bertz CT molecular complexity index is 1010. The molecule has 0 radical (unpaired) electrons.